The van der Waals surface area contributed by atoms with Gasteiger partial charge in [0.2, 0.25) is 0 Å². The minimum Gasteiger partial charge on any atom is -0.466 e. The molecule has 0 aromatic carbocycles. The summed E-state index contributed by atoms with van der Waals surface area (Å²) < 4.78 is 9.76. The van der Waals surface area contributed by atoms with Gasteiger partial charge in [0, 0.05) is 0 Å². The molecule has 4 heteroatoms. The van der Waals surface area contributed by atoms with E-state index in [4.69, 9.17) is 9.47 Å². The Morgan fingerprint density at radius 1 is 0.719 bits per heavy atom. The van der Waals surface area contributed by atoms with E-state index in [2.05, 4.69) is 0 Å². The Hall–Kier alpha value is -2.62. The van der Waals surface area contributed by atoms with Gasteiger partial charge in [0.1, 0.15) is 0 Å². The van der Waals surface area contributed by atoms with Gasteiger partial charge in [-0.25, -0.2) is 0 Å². The number of carbonyl (C=O) groups is 2. The van der Waals surface area contributed by atoms with Crippen LogP contribution in [0.3, 0.4) is 0 Å². The Morgan fingerprint density at radius 2 is 1.06 bits per heavy atom. The molecular weight excluding hydrogens is 400 g/mol. The zero-order valence-electron chi connectivity index (χ0n) is 21.4. The molecular formula is C28H44O4. The zero-order valence-corrected chi connectivity index (χ0v) is 21.4. The molecule has 0 unspecified atom stereocenters. The van der Waals surface area contributed by atoms with Crippen molar-refractivity contribution in [3.05, 3.63) is 71.9 Å². The number of carbonyl (C=O) groups excluding carboxylic acids is 2. The van der Waals surface area contributed by atoms with Gasteiger partial charge in [-0.3, -0.25) is 9.59 Å². The second kappa shape index (κ2) is 21.6. The maximum Gasteiger partial charge on any atom is 0.306 e. The molecule has 0 bridgehead atoms. The highest BCUT2D eigenvalue weighted by atomic mass is 16.5. The van der Waals surface area contributed by atoms with E-state index in [1.807, 2.05) is 116 Å². The molecule has 0 aliphatic rings. The first-order chi connectivity index (χ1) is 15.2. The fraction of sp³-hybridized carbons (Fsp3) is 0.500. The van der Waals surface area contributed by atoms with Crippen molar-refractivity contribution >= 4 is 11.9 Å². The van der Waals surface area contributed by atoms with Gasteiger partial charge in [-0.1, -0.05) is 85.8 Å². The number of hydrogen-bond donors (Lipinski definition) is 0. The van der Waals surface area contributed by atoms with Crippen molar-refractivity contribution in [3.8, 4) is 0 Å². The molecule has 0 N–H and O–H groups in total. The van der Waals surface area contributed by atoms with Crippen LogP contribution in [0.25, 0.3) is 0 Å². The zero-order chi connectivity index (χ0) is 24.8. The first-order valence-corrected chi connectivity index (χ1v) is 11.5. The smallest absolute Gasteiger partial charge is 0.306 e. The van der Waals surface area contributed by atoms with E-state index >= 15 is 0 Å². The molecule has 0 aromatic rings. The van der Waals surface area contributed by atoms with Gasteiger partial charge in [-0.05, 0) is 53.4 Å². The van der Waals surface area contributed by atoms with Crippen LogP contribution < -0.4 is 0 Å². The Bertz CT molecular complexity index is 630. The summed E-state index contributed by atoms with van der Waals surface area (Å²) in [5.41, 5.74) is 2.39. The van der Waals surface area contributed by atoms with Gasteiger partial charge in [-0.15, -0.1) is 0 Å². The standard InChI is InChI=1S/2C14H22O2/c2*1-5-8-12(3)9-7-10-13(4)11-14(15)16-6-2/h2*5,7-10,13H,6,11H2,1-4H3/b2*8-5+,10-7-,12-9-/t2*13-/m10/s1. The van der Waals surface area contributed by atoms with E-state index in [9.17, 15) is 9.59 Å². The lowest BCUT2D eigenvalue weighted by molar-refractivity contribution is -0.144. The third-order valence-corrected chi connectivity index (χ3v) is 4.04. The minimum absolute atomic E-state index is 0.131. The molecule has 0 aromatic heterocycles. The first kappa shape index (κ1) is 31.6. The summed E-state index contributed by atoms with van der Waals surface area (Å²) in [5, 5.41) is 0. The SMILES string of the molecule is C/C=C/C(C)=C\C=C/[C@@H](C)CC(=O)OCC.C/C=C/C(C)=C\C=C/[C@H](C)CC(=O)OCC. The average molecular weight is 445 g/mol. The molecule has 0 spiro atoms. The van der Waals surface area contributed by atoms with Crippen molar-refractivity contribution in [2.24, 2.45) is 11.8 Å². The predicted octanol–water partition coefficient (Wildman–Crippen LogP) is 7.31. The fourth-order valence-electron chi connectivity index (χ4n) is 2.53. The summed E-state index contributed by atoms with van der Waals surface area (Å²) in [5.74, 6) is 0.171. The van der Waals surface area contributed by atoms with Crippen LogP contribution in [0.5, 0.6) is 0 Å². The predicted molar refractivity (Wildman–Crippen MR) is 136 cm³/mol. The molecule has 0 aliphatic carbocycles. The van der Waals surface area contributed by atoms with Crippen molar-refractivity contribution in [1.82, 2.24) is 0 Å². The van der Waals surface area contributed by atoms with Crippen LogP contribution in [-0.2, 0) is 19.1 Å². The Labute approximate surface area is 196 Å². The topological polar surface area (TPSA) is 52.6 Å². The van der Waals surface area contributed by atoms with Crippen LogP contribution in [0.2, 0.25) is 0 Å². The molecule has 0 fully saturated rings. The highest BCUT2D eigenvalue weighted by Crippen LogP contribution is 2.07. The third-order valence-electron chi connectivity index (χ3n) is 4.04. The molecule has 0 heterocycles. The van der Waals surface area contributed by atoms with E-state index in [0.717, 1.165) is 0 Å². The minimum atomic E-state index is -0.131. The molecule has 0 amide bonds. The van der Waals surface area contributed by atoms with Crippen LogP contribution in [0, 0.1) is 11.8 Å². The lowest BCUT2D eigenvalue weighted by Crippen LogP contribution is -2.07. The van der Waals surface area contributed by atoms with Crippen molar-refractivity contribution in [2.45, 2.75) is 68.2 Å². The highest BCUT2D eigenvalue weighted by molar-refractivity contribution is 5.70. The van der Waals surface area contributed by atoms with Crippen LogP contribution in [0.4, 0.5) is 0 Å². The quantitative estimate of drug-likeness (QED) is 0.234. The summed E-state index contributed by atoms with van der Waals surface area (Å²) in [6.45, 7) is 16.6. The maximum atomic E-state index is 11.2. The van der Waals surface area contributed by atoms with Crippen LogP contribution in [0.1, 0.15) is 68.2 Å². The first-order valence-electron chi connectivity index (χ1n) is 11.5. The van der Waals surface area contributed by atoms with Gasteiger partial charge < -0.3 is 9.47 Å². The molecule has 180 valence electrons. The highest BCUT2D eigenvalue weighted by Gasteiger charge is 2.06. The van der Waals surface area contributed by atoms with Gasteiger partial charge >= 0.3 is 11.9 Å². The summed E-state index contributed by atoms with van der Waals surface area (Å²) in [6, 6.07) is 0. The van der Waals surface area contributed by atoms with Crippen molar-refractivity contribution in [3.63, 3.8) is 0 Å². The third kappa shape index (κ3) is 22.1. The molecule has 0 rings (SSSR count). The van der Waals surface area contributed by atoms with Crippen molar-refractivity contribution in [2.75, 3.05) is 13.2 Å². The summed E-state index contributed by atoms with van der Waals surface area (Å²) in [6.07, 6.45) is 21.0. The second-order valence-electron chi connectivity index (χ2n) is 7.56. The molecule has 4 nitrogen and oxygen atoms in total. The summed E-state index contributed by atoms with van der Waals surface area (Å²) in [4.78, 5) is 22.3. The number of rotatable bonds is 12. The average Bonchev–Trinajstić information content (AvgIpc) is 2.69. The summed E-state index contributed by atoms with van der Waals surface area (Å²) >= 11 is 0. The number of ether oxygens (including phenoxy) is 2. The normalized spacial score (nSPS) is 14.6. The van der Waals surface area contributed by atoms with E-state index in [1.165, 1.54) is 11.1 Å². The monoisotopic (exact) mass is 444 g/mol. The van der Waals surface area contributed by atoms with E-state index < -0.39 is 0 Å². The van der Waals surface area contributed by atoms with Crippen LogP contribution in [0.15, 0.2) is 71.9 Å². The fourth-order valence-corrected chi connectivity index (χ4v) is 2.53. The van der Waals surface area contributed by atoms with Gasteiger partial charge in [-0.2, -0.15) is 0 Å². The number of allylic oxidation sites excluding steroid dienone is 12. The Balaban J connectivity index is 0. The van der Waals surface area contributed by atoms with Crippen LogP contribution in [-0.4, -0.2) is 25.2 Å². The van der Waals surface area contributed by atoms with Crippen molar-refractivity contribution < 1.29 is 19.1 Å². The molecule has 0 saturated heterocycles. The van der Waals surface area contributed by atoms with E-state index in [1.54, 1.807) is 0 Å². The molecule has 0 saturated carbocycles. The Kier molecular flexibility index (Phi) is 21.3. The molecule has 2 atom stereocenters. The van der Waals surface area contributed by atoms with Crippen molar-refractivity contribution in [1.29, 1.82) is 0 Å². The second-order valence-corrected chi connectivity index (χ2v) is 7.56. The van der Waals surface area contributed by atoms with Crippen LogP contribution >= 0.6 is 0 Å². The lowest BCUT2D eigenvalue weighted by Gasteiger charge is -2.04. The molecule has 0 radical (unpaired) electrons. The van der Waals surface area contributed by atoms with E-state index in [-0.39, 0.29) is 23.8 Å². The lowest BCUT2D eigenvalue weighted by atomic mass is 10.1. The van der Waals surface area contributed by atoms with Gasteiger partial charge in [0.25, 0.3) is 0 Å². The molecule has 32 heavy (non-hydrogen) atoms. The van der Waals surface area contributed by atoms with Gasteiger partial charge in [0.15, 0.2) is 0 Å². The number of esters is 2. The maximum absolute atomic E-state index is 11.2. The summed E-state index contributed by atoms with van der Waals surface area (Å²) in [7, 11) is 0. The van der Waals surface area contributed by atoms with Gasteiger partial charge in [0.05, 0.1) is 26.1 Å². The number of hydrogen-bond acceptors (Lipinski definition) is 4. The van der Waals surface area contributed by atoms with E-state index in [0.29, 0.717) is 26.1 Å². The molecule has 0 aliphatic heterocycles. The largest absolute Gasteiger partial charge is 0.466 e. The Morgan fingerprint density at radius 3 is 1.34 bits per heavy atom.